The van der Waals surface area contributed by atoms with Crippen molar-refractivity contribution in [2.24, 2.45) is 58.7 Å². The van der Waals surface area contributed by atoms with Crippen LogP contribution in [0, 0.1) is 58.7 Å². The fourth-order valence-electron chi connectivity index (χ4n) is 9.94. The number of allylic oxidation sites excluding steroid dienone is 2. The van der Waals surface area contributed by atoms with Gasteiger partial charge in [0.05, 0.1) is 11.8 Å². The van der Waals surface area contributed by atoms with E-state index in [0.29, 0.717) is 25.7 Å². The minimum atomic E-state index is -0.582. The van der Waals surface area contributed by atoms with Gasteiger partial charge in [0.25, 0.3) is 0 Å². The highest BCUT2D eigenvalue weighted by molar-refractivity contribution is 5.90. The summed E-state index contributed by atoms with van der Waals surface area (Å²) in [5, 5.41) is 0. The standard InChI is InChI=1S/C28H32O6/c1-10-9-16-20-21-17(29)7-5-14-11(2)26(31)33-24(14)19(21)13(4)22(20)28(10)23(16)18(30)8-6-15-12(3)27(32)34-25(15)28/h9,11-12,14-16,20-25H,5-8H2,1-4H3/t11-,12-,14-,15-,16-,20+,21-,22-,23-,24-,25-,28+/m0/s1. The largest absolute Gasteiger partial charge is 0.461 e. The third kappa shape index (κ3) is 2.12. The van der Waals surface area contributed by atoms with Crippen molar-refractivity contribution < 1.29 is 28.7 Å². The molecule has 34 heavy (non-hydrogen) atoms. The first-order chi connectivity index (χ1) is 16.2. The molecule has 2 saturated heterocycles. The molecule has 3 saturated carbocycles. The number of carbonyl (C=O) groups is 4. The maximum absolute atomic E-state index is 13.7. The van der Waals surface area contributed by atoms with Gasteiger partial charge in [0.15, 0.2) is 0 Å². The normalized spacial score (nSPS) is 52.8. The average molecular weight is 465 g/mol. The van der Waals surface area contributed by atoms with Crippen LogP contribution in [0.5, 0.6) is 0 Å². The van der Waals surface area contributed by atoms with Gasteiger partial charge in [-0.25, -0.2) is 0 Å². The SMILES string of the molecule is CC1=C[C@H]2[C@@H]3[C@H]4C(=O)CC[C@H]5[C@H](C)C(=O)O[C@@H]5C4=C(C)[C@@H]3[C@@]13[C@@H]2C(=O)CC[C@H]1[C@H](C)C(=O)O[C@@H]13. The van der Waals surface area contributed by atoms with Crippen LogP contribution < -0.4 is 0 Å². The summed E-state index contributed by atoms with van der Waals surface area (Å²) in [6.07, 6.45) is 3.83. The molecular formula is C28H32O6. The zero-order valence-corrected chi connectivity index (χ0v) is 20.2. The van der Waals surface area contributed by atoms with Gasteiger partial charge in [0.1, 0.15) is 23.8 Å². The quantitative estimate of drug-likeness (QED) is 0.403. The second-order valence-electron chi connectivity index (χ2n) is 12.1. The predicted molar refractivity (Wildman–Crippen MR) is 120 cm³/mol. The molecule has 0 aromatic heterocycles. The zero-order valence-electron chi connectivity index (χ0n) is 20.2. The van der Waals surface area contributed by atoms with Crippen LogP contribution in [0.2, 0.25) is 0 Å². The van der Waals surface area contributed by atoms with E-state index in [2.05, 4.69) is 19.9 Å². The van der Waals surface area contributed by atoms with E-state index in [9.17, 15) is 19.2 Å². The molecule has 0 radical (unpaired) electrons. The highest BCUT2D eigenvalue weighted by atomic mass is 16.6. The molecule has 5 fully saturated rings. The van der Waals surface area contributed by atoms with E-state index in [-0.39, 0.29) is 89.0 Å². The first kappa shape index (κ1) is 21.1. The number of hydrogen-bond donors (Lipinski definition) is 0. The fraction of sp³-hybridized carbons (Fsp3) is 0.714. The maximum atomic E-state index is 13.7. The van der Waals surface area contributed by atoms with E-state index < -0.39 is 5.41 Å². The molecule has 0 aromatic carbocycles. The van der Waals surface area contributed by atoms with Crippen molar-refractivity contribution in [3.63, 3.8) is 0 Å². The van der Waals surface area contributed by atoms with Crippen molar-refractivity contribution in [3.8, 4) is 0 Å². The fourth-order valence-corrected chi connectivity index (χ4v) is 9.94. The Kier molecular flexibility index (Phi) is 4.03. The molecule has 6 nitrogen and oxygen atoms in total. The van der Waals surface area contributed by atoms with Crippen molar-refractivity contribution in [2.45, 2.75) is 65.6 Å². The van der Waals surface area contributed by atoms with Crippen LogP contribution in [-0.2, 0) is 28.7 Å². The summed E-state index contributed by atoms with van der Waals surface area (Å²) in [6.45, 7) is 8.05. The third-order valence-electron chi connectivity index (χ3n) is 11.2. The zero-order chi connectivity index (χ0) is 23.8. The Morgan fingerprint density at radius 1 is 0.853 bits per heavy atom. The highest BCUT2D eigenvalue weighted by Crippen LogP contribution is 2.75. The predicted octanol–water partition coefficient (Wildman–Crippen LogP) is 3.44. The monoisotopic (exact) mass is 464 g/mol. The Hall–Kier alpha value is -2.24. The van der Waals surface area contributed by atoms with Crippen LogP contribution in [0.4, 0.5) is 0 Å². The molecule has 0 unspecified atom stereocenters. The first-order valence-corrected chi connectivity index (χ1v) is 13.0. The minimum absolute atomic E-state index is 0.0122. The van der Waals surface area contributed by atoms with E-state index in [0.717, 1.165) is 16.7 Å². The van der Waals surface area contributed by atoms with Crippen LogP contribution in [0.25, 0.3) is 0 Å². The van der Waals surface area contributed by atoms with E-state index in [4.69, 9.17) is 9.47 Å². The number of hydrogen-bond acceptors (Lipinski definition) is 6. The molecule has 2 bridgehead atoms. The van der Waals surface area contributed by atoms with E-state index in [1.807, 2.05) is 13.8 Å². The summed E-state index contributed by atoms with van der Waals surface area (Å²) in [7, 11) is 0. The van der Waals surface area contributed by atoms with Gasteiger partial charge in [-0.3, -0.25) is 19.2 Å². The topological polar surface area (TPSA) is 86.7 Å². The lowest BCUT2D eigenvalue weighted by Gasteiger charge is -2.44. The minimum Gasteiger partial charge on any atom is -0.461 e. The summed E-state index contributed by atoms with van der Waals surface area (Å²) >= 11 is 0. The second kappa shape index (κ2) is 6.50. The van der Waals surface area contributed by atoms with E-state index in [1.54, 1.807) is 0 Å². The number of ketones is 2. The van der Waals surface area contributed by atoms with E-state index in [1.165, 1.54) is 0 Å². The lowest BCUT2D eigenvalue weighted by molar-refractivity contribution is -0.151. The Labute approximate surface area is 199 Å². The number of rotatable bonds is 0. The van der Waals surface area contributed by atoms with Crippen molar-refractivity contribution in [1.82, 2.24) is 0 Å². The molecule has 7 aliphatic rings. The van der Waals surface area contributed by atoms with Gasteiger partial charge in [-0.1, -0.05) is 31.1 Å². The highest BCUT2D eigenvalue weighted by Gasteiger charge is 2.77. The number of fused-ring (bicyclic) bond motifs is 7. The van der Waals surface area contributed by atoms with Gasteiger partial charge in [-0.2, -0.15) is 0 Å². The molecule has 180 valence electrons. The first-order valence-electron chi connectivity index (χ1n) is 13.0. The van der Waals surface area contributed by atoms with Gasteiger partial charge in [-0.05, 0) is 50.0 Å². The van der Waals surface area contributed by atoms with Gasteiger partial charge in [0.2, 0.25) is 0 Å². The summed E-state index contributed by atoms with van der Waals surface area (Å²) in [5.41, 5.74) is 2.69. The number of Topliss-reactive ketones (excluding diaryl/α,β-unsaturated/α-hetero) is 2. The maximum Gasteiger partial charge on any atom is 0.309 e. The van der Waals surface area contributed by atoms with Crippen LogP contribution >= 0.6 is 0 Å². The lowest BCUT2D eigenvalue weighted by Crippen LogP contribution is -2.48. The Morgan fingerprint density at radius 3 is 2.26 bits per heavy atom. The summed E-state index contributed by atoms with van der Waals surface area (Å²) < 4.78 is 12.1. The molecule has 7 rings (SSSR count). The number of ether oxygens (including phenoxy) is 2. The molecule has 6 heteroatoms. The summed E-state index contributed by atoms with van der Waals surface area (Å²) in [5.74, 6) is -0.847. The van der Waals surface area contributed by atoms with Crippen molar-refractivity contribution >= 4 is 23.5 Å². The molecule has 2 heterocycles. The molecule has 0 amide bonds. The van der Waals surface area contributed by atoms with Crippen LogP contribution in [0.3, 0.4) is 0 Å². The van der Waals surface area contributed by atoms with Gasteiger partial charge in [-0.15, -0.1) is 0 Å². The molecule has 0 spiro atoms. The van der Waals surface area contributed by atoms with Crippen molar-refractivity contribution in [3.05, 3.63) is 22.8 Å². The molecule has 0 aromatic rings. The molecule has 2 aliphatic heterocycles. The smallest absolute Gasteiger partial charge is 0.309 e. The molecule has 5 aliphatic carbocycles. The van der Waals surface area contributed by atoms with Gasteiger partial charge in [0, 0.05) is 41.9 Å². The number of carbonyl (C=O) groups excluding carboxylic acids is 4. The van der Waals surface area contributed by atoms with E-state index >= 15 is 0 Å². The van der Waals surface area contributed by atoms with Crippen LogP contribution in [0.15, 0.2) is 22.8 Å². The third-order valence-corrected chi connectivity index (χ3v) is 11.2. The molecular weight excluding hydrogens is 432 g/mol. The Bertz CT molecular complexity index is 1130. The van der Waals surface area contributed by atoms with Gasteiger partial charge < -0.3 is 9.47 Å². The van der Waals surface area contributed by atoms with Gasteiger partial charge >= 0.3 is 11.9 Å². The van der Waals surface area contributed by atoms with Crippen LogP contribution in [0.1, 0.15) is 53.4 Å². The molecule has 12 atom stereocenters. The summed E-state index contributed by atoms with van der Waals surface area (Å²) in [6, 6.07) is 0. The summed E-state index contributed by atoms with van der Waals surface area (Å²) in [4.78, 5) is 52.7. The molecule has 0 N–H and O–H groups in total. The van der Waals surface area contributed by atoms with Crippen molar-refractivity contribution in [1.29, 1.82) is 0 Å². The van der Waals surface area contributed by atoms with Crippen molar-refractivity contribution in [2.75, 3.05) is 0 Å². The van der Waals surface area contributed by atoms with Crippen LogP contribution in [-0.4, -0.2) is 35.7 Å². The Balaban J connectivity index is 1.45. The lowest BCUT2D eigenvalue weighted by atomic mass is 9.59. The second-order valence-corrected chi connectivity index (χ2v) is 12.1. The number of esters is 2. The average Bonchev–Trinajstić information content (AvgIpc) is 3.47. The Morgan fingerprint density at radius 2 is 1.50 bits per heavy atom.